The predicted molar refractivity (Wildman–Crippen MR) is 154 cm³/mol. The van der Waals surface area contributed by atoms with Crippen molar-refractivity contribution in [1.82, 2.24) is 14.8 Å². The van der Waals surface area contributed by atoms with E-state index in [0.717, 1.165) is 40.6 Å². The molecule has 0 aliphatic rings. The fourth-order valence-electron chi connectivity index (χ4n) is 4.49. The molecule has 39 heavy (non-hydrogen) atoms. The van der Waals surface area contributed by atoms with E-state index >= 15 is 0 Å². The van der Waals surface area contributed by atoms with Crippen molar-refractivity contribution in [3.63, 3.8) is 0 Å². The Labute approximate surface area is 230 Å². The van der Waals surface area contributed by atoms with Crippen molar-refractivity contribution in [2.24, 2.45) is 0 Å². The minimum atomic E-state index is -0.193. The van der Waals surface area contributed by atoms with Gasteiger partial charge in [0.2, 0.25) is 5.91 Å². The SMILES string of the molecule is CCCCN(CC(=O)N(CCc1c[nH]c2ccccc12)Cc1ccc(OC)cc1)C(=O)COc1ccccc1. The molecular formula is C32H37N3O4. The molecule has 0 fully saturated rings. The number of rotatable bonds is 14. The van der Waals surface area contributed by atoms with Gasteiger partial charge < -0.3 is 24.3 Å². The molecule has 0 aliphatic carbocycles. The number of carbonyl (C=O) groups is 2. The highest BCUT2D eigenvalue weighted by atomic mass is 16.5. The minimum Gasteiger partial charge on any atom is -0.497 e. The second kappa shape index (κ2) is 14.0. The largest absolute Gasteiger partial charge is 0.497 e. The van der Waals surface area contributed by atoms with E-state index in [1.54, 1.807) is 12.0 Å². The van der Waals surface area contributed by atoms with Crippen molar-refractivity contribution in [2.45, 2.75) is 32.7 Å². The van der Waals surface area contributed by atoms with Gasteiger partial charge in [-0.15, -0.1) is 0 Å². The van der Waals surface area contributed by atoms with Crippen LogP contribution in [0.25, 0.3) is 10.9 Å². The van der Waals surface area contributed by atoms with Crippen LogP contribution in [0.15, 0.2) is 85.1 Å². The van der Waals surface area contributed by atoms with Crippen LogP contribution in [-0.2, 0) is 22.6 Å². The normalized spacial score (nSPS) is 10.8. The van der Waals surface area contributed by atoms with E-state index in [9.17, 15) is 9.59 Å². The molecule has 1 N–H and O–H groups in total. The number of ether oxygens (including phenoxy) is 2. The minimum absolute atomic E-state index is 0.0149. The first-order chi connectivity index (χ1) is 19.1. The molecule has 0 radical (unpaired) electrons. The van der Waals surface area contributed by atoms with Gasteiger partial charge in [-0.25, -0.2) is 0 Å². The molecular weight excluding hydrogens is 490 g/mol. The molecule has 0 aliphatic heterocycles. The third-order valence-corrected chi connectivity index (χ3v) is 6.78. The van der Waals surface area contributed by atoms with E-state index in [4.69, 9.17) is 9.47 Å². The number of methoxy groups -OCH3 is 1. The summed E-state index contributed by atoms with van der Waals surface area (Å²) in [5.41, 5.74) is 3.24. The highest BCUT2D eigenvalue weighted by Gasteiger charge is 2.22. The van der Waals surface area contributed by atoms with Gasteiger partial charge >= 0.3 is 0 Å². The summed E-state index contributed by atoms with van der Waals surface area (Å²) < 4.78 is 11.0. The zero-order valence-electron chi connectivity index (χ0n) is 22.8. The van der Waals surface area contributed by atoms with Gasteiger partial charge in [0, 0.05) is 36.7 Å². The Kier molecular flexibility index (Phi) is 10.0. The molecule has 0 saturated heterocycles. The summed E-state index contributed by atoms with van der Waals surface area (Å²) in [6.07, 6.45) is 4.45. The molecule has 4 rings (SSSR count). The van der Waals surface area contributed by atoms with Gasteiger partial charge in [0.05, 0.1) is 13.7 Å². The molecule has 0 atom stereocenters. The predicted octanol–water partition coefficient (Wildman–Crippen LogP) is 5.46. The van der Waals surface area contributed by atoms with E-state index in [1.807, 2.05) is 83.9 Å². The molecule has 0 spiro atoms. The number of nitrogens with zero attached hydrogens (tertiary/aromatic N) is 2. The van der Waals surface area contributed by atoms with Crippen molar-refractivity contribution >= 4 is 22.7 Å². The number of amides is 2. The third-order valence-electron chi connectivity index (χ3n) is 6.78. The van der Waals surface area contributed by atoms with Gasteiger partial charge in [-0.3, -0.25) is 9.59 Å². The third kappa shape index (κ3) is 7.87. The Balaban J connectivity index is 1.47. The van der Waals surface area contributed by atoms with Crippen LogP contribution < -0.4 is 9.47 Å². The molecule has 3 aromatic carbocycles. The smallest absolute Gasteiger partial charge is 0.260 e. The quantitative estimate of drug-likeness (QED) is 0.236. The van der Waals surface area contributed by atoms with Crippen molar-refractivity contribution in [1.29, 1.82) is 0 Å². The zero-order chi connectivity index (χ0) is 27.5. The van der Waals surface area contributed by atoms with Crippen LogP contribution in [0, 0.1) is 0 Å². The molecule has 0 bridgehead atoms. The number of para-hydroxylation sites is 2. The van der Waals surface area contributed by atoms with Crippen LogP contribution in [0.1, 0.15) is 30.9 Å². The average molecular weight is 528 g/mol. The lowest BCUT2D eigenvalue weighted by Crippen LogP contribution is -2.45. The number of H-pyrrole nitrogens is 1. The second-order valence-electron chi connectivity index (χ2n) is 9.54. The van der Waals surface area contributed by atoms with Gasteiger partial charge in [0.25, 0.3) is 5.91 Å². The number of fused-ring (bicyclic) bond motifs is 1. The lowest BCUT2D eigenvalue weighted by atomic mass is 10.1. The molecule has 0 unspecified atom stereocenters. The van der Waals surface area contributed by atoms with Crippen molar-refractivity contribution in [3.8, 4) is 11.5 Å². The van der Waals surface area contributed by atoms with Crippen LogP contribution in [0.3, 0.4) is 0 Å². The maximum absolute atomic E-state index is 13.7. The van der Waals surface area contributed by atoms with Gasteiger partial charge in [-0.05, 0) is 54.3 Å². The Hall–Kier alpha value is -4.26. The standard InChI is InChI=1S/C32H37N3O4/c1-3-4-19-34(32(37)24-39-28-10-6-5-7-11-28)23-31(36)35(22-25-14-16-27(38-2)17-15-25)20-18-26-21-33-30-13-9-8-12-29(26)30/h5-17,21,33H,3-4,18-20,22-24H2,1-2H3. The van der Waals surface area contributed by atoms with Crippen molar-refractivity contribution < 1.29 is 19.1 Å². The molecule has 1 aromatic heterocycles. The van der Waals surface area contributed by atoms with E-state index in [2.05, 4.69) is 18.0 Å². The highest BCUT2D eigenvalue weighted by Crippen LogP contribution is 2.20. The monoisotopic (exact) mass is 527 g/mol. The topological polar surface area (TPSA) is 74.9 Å². The van der Waals surface area contributed by atoms with Crippen LogP contribution in [0.4, 0.5) is 0 Å². The number of carbonyl (C=O) groups excluding carboxylic acids is 2. The van der Waals surface area contributed by atoms with E-state index in [-0.39, 0.29) is 25.0 Å². The van der Waals surface area contributed by atoms with E-state index < -0.39 is 0 Å². The first kappa shape index (κ1) is 27.8. The van der Waals surface area contributed by atoms with Crippen LogP contribution >= 0.6 is 0 Å². The number of benzene rings is 3. The number of aromatic amines is 1. The summed E-state index contributed by atoms with van der Waals surface area (Å²) in [6, 6.07) is 25.2. The van der Waals surface area contributed by atoms with Crippen LogP contribution in [-0.4, -0.2) is 59.9 Å². The first-order valence-corrected chi connectivity index (χ1v) is 13.5. The lowest BCUT2D eigenvalue weighted by Gasteiger charge is -2.28. The Bertz CT molecular complexity index is 1330. The summed E-state index contributed by atoms with van der Waals surface area (Å²) in [6.45, 7) is 3.47. The summed E-state index contributed by atoms with van der Waals surface area (Å²) in [4.78, 5) is 33.6. The van der Waals surface area contributed by atoms with Crippen LogP contribution in [0.5, 0.6) is 11.5 Å². The fraction of sp³-hybridized carbons (Fsp3) is 0.312. The summed E-state index contributed by atoms with van der Waals surface area (Å²) in [5, 5.41) is 1.16. The Morgan fingerprint density at radius 2 is 1.56 bits per heavy atom. The molecule has 2 amide bonds. The van der Waals surface area contributed by atoms with Crippen LogP contribution in [0.2, 0.25) is 0 Å². The second-order valence-corrected chi connectivity index (χ2v) is 9.54. The van der Waals surface area contributed by atoms with Crippen molar-refractivity contribution in [3.05, 3.63) is 96.2 Å². The number of hydrogen-bond acceptors (Lipinski definition) is 4. The average Bonchev–Trinajstić information content (AvgIpc) is 3.40. The summed E-state index contributed by atoms with van der Waals surface area (Å²) in [7, 11) is 1.63. The molecule has 1 heterocycles. The number of hydrogen-bond donors (Lipinski definition) is 1. The summed E-state index contributed by atoms with van der Waals surface area (Å²) >= 11 is 0. The molecule has 7 nitrogen and oxygen atoms in total. The zero-order valence-corrected chi connectivity index (χ0v) is 22.8. The fourth-order valence-corrected chi connectivity index (χ4v) is 4.49. The molecule has 4 aromatic rings. The number of nitrogens with one attached hydrogen (secondary N) is 1. The molecule has 0 saturated carbocycles. The van der Waals surface area contributed by atoms with Crippen molar-refractivity contribution in [2.75, 3.05) is 33.4 Å². The first-order valence-electron chi connectivity index (χ1n) is 13.5. The number of aromatic nitrogens is 1. The van der Waals surface area contributed by atoms with Gasteiger partial charge in [0.15, 0.2) is 6.61 Å². The van der Waals surface area contributed by atoms with Gasteiger partial charge in [-0.1, -0.05) is 61.9 Å². The number of unbranched alkanes of at least 4 members (excludes halogenated alkanes) is 1. The van der Waals surface area contributed by atoms with E-state index in [0.29, 0.717) is 31.8 Å². The highest BCUT2D eigenvalue weighted by molar-refractivity contribution is 5.86. The Morgan fingerprint density at radius 3 is 2.31 bits per heavy atom. The maximum Gasteiger partial charge on any atom is 0.260 e. The van der Waals surface area contributed by atoms with E-state index in [1.165, 1.54) is 0 Å². The van der Waals surface area contributed by atoms with Gasteiger partial charge in [0.1, 0.15) is 11.5 Å². The molecule has 204 valence electrons. The lowest BCUT2D eigenvalue weighted by molar-refractivity contribution is -0.142. The summed E-state index contributed by atoms with van der Waals surface area (Å²) in [5.74, 6) is 1.12. The Morgan fingerprint density at radius 1 is 0.821 bits per heavy atom. The van der Waals surface area contributed by atoms with Gasteiger partial charge in [-0.2, -0.15) is 0 Å². The molecule has 7 heteroatoms. The maximum atomic E-state index is 13.7.